The number of hydrogen-bond donors (Lipinski definition) is 1. The molecule has 96 valence electrons. The highest BCUT2D eigenvalue weighted by Crippen LogP contribution is 2.34. The Kier molecular flexibility index (Phi) is 3.22. The van der Waals surface area contributed by atoms with Crippen molar-refractivity contribution in [2.45, 2.75) is 20.8 Å². The van der Waals surface area contributed by atoms with Crippen LogP contribution in [-0.2, 0) is 4.79 Å². The van der Waals surface area contributed by atoms with Gasteiger partial charge in [-0.05, 0) is 30.9 Å². The lowest BCUT2D eigenvalue weighted by molar-refractivity contribution is -0.114. The van der Waals surface area contributed by atoms with E-state index in [2.05, 4.69) is 0 Å². The molecule has 0 aliphatic carbocycles. The first-order valence-corrected chi connectivity index (χ1v) is 6.04. The summed E-state index contributed by atoms with van der Waals surface area (Å²) in [6, 6.07) is 3.77. The number of Topliss-reactive ketones (excluding diaryl/α,β-unsaturated/α-hetero) is 1. The van der Waals surface area contributed by atoms with E-state index in [1.165, 1.54) is 4.90 Å². The SMILES string of the molecule is Cc1ccc(C)c2c1C(=O)C(=O)N2CC(C)CO. The highest BCUT2D eigenvalue weighted by molar-refractivity contribution is 6.52. The van der Waals surface area contributed by atoms with Gasteiger partial charge in [-0.2, -0.15) is 0 Å². The molecular formula is C14H17NO3. The highest BCUT2D eigenvalue weighted by Gasteiger charge is 2.38. The maximum absolute atomic E-state index is 12.0. The lowest BCUT2D eigenvalue weighted by atomic mass is 10.0. The smallest absolute Gasteiger partial charge is 0.299 e. The quantitative estimate of drug-likeness (QED) is 0.823. The van der Waals surface area contributed by atoms with Crippen molar-refractivity contribution in [1.82, 2.24) is 0 Å². The van der Waals surface area contributed by atoms with Crippen molar-refractivity contribution in [2.24, 2.45) is 5.92 Å². The van der Waals surface area contributed by atoms with Crippen molar-refractivity contribution in [3.63, 3.8) is 0 Å². The standard InChI is InChI=1S/C14H17NO3/c1-8(7-16)6-15-12-10(3)5-4-9(2)11(12)13(17)14(15)18/h4-5,8,16H,6-7H2,1-3H3. The predicted octanol–water partition coefficient (Wildman–Crippen LogP) is 1.46. The van der Waals surface area contributed by atoms with E-state index in [1.807, 2.05) is 32.9 Å². The lowest BCUT2D eigenvalue weighted by Gasteiger charge is -2.21. The molecule has 0 saturated carbocycles. The second kappa shape index (κ2) is 4.53. The fourth-order valence-corrected chi connectivity index (χ4v) is 2.31. The summed E-state index contributed by atoms with van der Waals surface area (Å²) in [6.07, 6.45) is 0. The van der Waals surface area contributed by atoms with Crippen LogP contribution in [0.15, 0.2) is 12.1 Å². The van der Waals surface area contributed by atoms with Crippen LogP contribution in [-0.4, -0.2) is 29.9 Å². The molecule has 4 heteroatoms. The first-order valence-electron chi connectivity index (χ1n) is 6.04. The molecule has 1 aromatic rings. The number of ketones is 1. The summed E-state index contributed by atoms with van der Waals surface area (Å²) in [4.78, 5) is 25.5. The summed E-state index contributed by atoms with van der Waals surface area (Å²) in [6.45, 7) is 5.95. The predicted molar refractivity (Wildman–Crippen MR) is 68.8 cm³/mol. The number of aryl methyl sites for hydroxylation is 2. The van der Waals surface area contributed by atoms with Gasteiger partial charge in [0.05, 0.1) is 11.3 Å². The number of fused-ring (bicyclic) bond motifs is 1. The van der Waals surface area contributed by atoms with E-state index in [0.717, 1.165) is 11.1 Å². The summed E-state index contributed by atoms with van der Waals surface area (Å²) < 4.78 is 0. The molecule has 1 aromatic carbocycles. The molecule has 1 aliphatic rings. The Morgan fingerprint density at radius 1 is 1.22 bits per heavy atom. The van der Waals surface area contributed by atoms with Crippen molar-refractivity contribution < 1.29 is 14.7 Å². The van der Waals surface area contributed by atoms with Gasteiger partial charge < -0.3 is 10.0 Å². The number of hydrogen-bond acceptors (Lipinski definition) is 3. The minimum absolute atomic E-state index is 0.00182. The van der Waals surface area contributed by atoms with Crippen LogP contribution in [0.2, 0.25) is 0 Å². The molecule has 4 nitrogen and oxygen atoms in total. The van der Waals surface area contributed by atoms with E-state index in [9.17, 15) is 9.59 Å². The Labute approximate surface area is 106 Å². The van der Waals surface area contributed by atoms with Crippen LogP contribution < -0.4 is 4.90 Å². The third-order valence-electron chi connectivity index (χ3n) is 3.33. The fourth-order valence-electron chi connectivity index (χ4n) is 2.31. The third-order valence-corrected chi connectivity index (χ3v) is 3.33. The molecular weight excluding hydrogens is 230 g/mol. The molecule has 1 heterocycles. The molecule has 0 fully saturated rings. The van der Waals surface area contributed by atoms with E-state index in [-0.39, 0.29) is 12.5 Å². The molecule has 1 atom stereocenters. The van der Waals surface area contributed by atoms with Crippen LogP contribution >= 0.6 is 0 Å². The maximum Gasteiger partial charge on any atom is 0.299 e. The summed E-state index contributed by atoms with van der Waals surface area (Å²) in [5.41, 5.74) is 2.98. The van der Waals surface area contributed by atoms with Gasteiger partial charge in [0, 0.05) is 13.2 Å². The largest absolute Gasteiger partial charge is 0.396 e. The number of carbonyl (C=O) groups is 2. The van der Waals surface area contributed by atoms with Crippen molar-refractivity contribution in [1.29, 1.82) is 0 Å². The second-order valence-electron chi connectivity index (χ2n) is 4.96. The monoisotopic (exact) mass is 247 g/mol. The van der Waals surface area contributed by atoms with Crippen molar-refractivity contribution in [3.05, 3.63) is 28.8 Å². The van der Waals surface area contributed by atoms with Gasteiger partial charge in [0.15, 0.2) is 0 Å². The van der Waals surface area contributed by atoms with Gasteiger partial charge in [-0.1, -0.05) is 19.1 Å². The van der Waals surface area contributed by atoms with Crippen LogP contribution in [0.3, 0.4) is 0 Å². The minimum atomic E-state index is -0.484. The Morgan fingerprint density at radius 3 is 2.44 bits per heavy atom. The van der Waals surface area contributed by atoms with Gasteiger partial charge in [0.1, 0.15) is 0 Å². The number of benzene rings is 1. The Hall–Kier alpha value is -1.68. The van der Waals surface area contributed by atoms with Gasteiger partial charge in [-0.3, -0.25) is 9.59 Å². The van der Waals surface area contributed by atoms with Crippen molar-refractivity contribution in [2.75, 3.05) is 18.1 Å². The first kappa shape index (κ1) is 12.8. The van der Waals surface area contributed by atoms with E-state index < -0.39 is 11.7 Å². The Balaban J connectivity index is 2.51. The van der Waals surface area contributed by atoms with Crippen LogP contribution in [0.4, 0.5) is 5.69 Å². The molecule has 1 unspecified atom stereocenters. The number of aliphatic hydroxyl groups excluding tert-OH is 1. The van der Waals surface area contributed by atoms with Crippen LogP contribution in [0.1, 0.15) is 28.4 Å². The average Bonchev–Trinajstić information content (AvgIpc) is 2.60. The van der Waals surface area contributed by atoms with E-state index in [1.54, 1.807) is 0 Å². The molecule has 0 bridgehead atoms. The van der Waals surface area contributed by atoms with Crippen LogP contribution in [0, 0.1) is 19.8 Å². The second-order valence-corrected chi connectivity index (χ2v) is 4.96. The minimum Gasteiger partial charge on any atom is -0.396 e. The number of aliphatic hydroxyl groups is 1. The third kappa shape index (κ3) is 1.82. The summed E-state index contributed by atoms with van der Waals surface area (Å²) in [5.74, 6) is -0.966. The van der Waals surface area contributed by atoms with Crippen LogP contribution in [0.5, 0.6) is 0 Å². The zero-order valence-corrected chi connectivity index (χ0v) is 10.9. The summed E-state index contributed by atoms with van der Waals surface area (Å²) in [7, 11) is 0. The highest BCUT2D eigenvalue weighted by atomic mass is 16.3. The van der Waals surface area contributed by atoms with Crippen molar-refractivity contribution >= 4 is 17.4 Å². The topological polar surface area (TPSA) is 57.6 Å². The molecule has 0 aromatic heterocycles. The van der Waals surface area contributed by atoms with Crippen LogP contribution in [0.25, 0.3) is 0 Å². The van der Waals surface area contributed by atoms with Gasteiger partial charge >= 0.3 is 0 Å². The van der Waals surface area contributed by atoms with Gasteiger partial charge in [0.2, 0.25) is 0 Å². The first-order chi connectivity index (χ1) is 8.47. The normalized spacial score (nSPS) is 16.1. The maximum atomic E-state index is 12.0. The number of anilines is 1. The molecule has 18 heavy (non-hydrogen) atoms. The number of nitrogens with zero attached hydrogens (tertiary/aromatic N) is 1. The summed E-state index contributed by atoms with van der Waals surface area (Å²) >= 11 is 0. The van der Waals surface area contributed by atoms with Gasteiger partial charge in [-0.25, -0.2) is 0 Å². The molecule has 0 saturated heterocycles. The van der Waals surface area contributed by atoms with Crippen molar-refractivity contribution in [3.8, 4) is 0 Å². The molecule has 0 radical (unpaired) electrons. The zero-order chi connectivity index (χ0) is 13.4. The average molecular weight is 247 g/mol. The number of rotatable bonds is 3. The number of amides is 1. The fraction of sp³-hybridized carbons (Fsp3) is 0.429. The van der Waals surface area contributed by atoms with E-state index in [4.69, 9.17) is 5.11 Å². The molecule has 0 spiro atoms. The Morgan fingerprint density at radius 2 is 1.83 bits per heavy atom. The lowest BCUT2D eigenvalue weighted by Crippen LogP contribution is -2.34. The molecule has 2 rings (SSSR count). The molecule has 1 N–H and O–H groups in total. The molecule has 1 amide bonds. The Bertz CT molecular complexity index is 522. The van der Waals surface area contributed by atoms with Gasteiger partial charge in [-0.15, -0.1) is 0 Å². The zero-order valence-electron chi connectivity index (χ0n) is 10.9. The van der Waals surface area contributed by atoms with E-state index in [0.29, 0.717) is 17.8 Å². The van der Waals surface area contributed by atoms with E-state index >= 15 is 0 Å². The summed E-state index contributed by atoms with van der Waals surface area (Å²) in [5, 5.41) is 9.10. The molecule has 1 aliphatic heterocycles. The van der Waals surface area contributed by atoms with Gasteiger partial charge in [0.25, 0.3) is 11.7 Å². The number of carbonyl (C=O) groups excluding carboxylic acids is 2.